The highest BCUT2D eigenvalue weighted by molar-refractivity contribution is 9.10. The average Bonchev–Trinajstić information content (AvgIpc) is 2.22. The molecule has 94 valence electrons. The molecule has 0 radical (unpaired) electrons. The second kappa shape index (κ2) is 5.92. The molecule has 1 aromatic rings. The van der Waals surface area contributed by atoms with Gasteiger partial charge in [-0.1, -0.05) is 0 Å². The van der Waals surface area contributed by atoms with Crippen LogP contribution in [0.1, 0.15) is 13.3 Å². The molecule has 2 N–H and O–H groups in total. The number of rotatable bonds is 5. The first-order valence-electron chi connectivity index (χ1n) is 4.97. The third-order valence-corrected chi connectivity index (χ3v) is 2.72. The number of aliphatic hydroxyl groups excluding tert-OH is 1. The summed E-state index contributed by atoms with van der Waals surface area (Å²) in [6.45, 7) is 1.94. The highest BCUT2D eigenvalue weighted by atomic mass is 79.9. The molecule has 0 aromatic heterocycles. The van der Waals surface area contributed by atoms with Gasteiger partial charge in [0.15, 0.2) is 0 Å². The molecular formula is C10H12BrFN2O3. The molecule has 5 nitrogen and oxygen atoms in total. The van der Waals surface area contributed by atoms with Gasteiger partial charge in [0, 0.05) is 18.7 Å². The molecular weight excluding hydrogens is 295 g/mol. The van der Waals surface area contributed by atoms with Gasteiger partial charge in [-0.05, 0) is 29.3 Å². The first-order valence-corrected chi connectivity index (χ1v) is 5.76. The molecule has 0 spiro atoms. The zero-order chi connectivity index (χ0) is 13.0. The monoisotopic (exact) mass is 306 g/mol. The molecule has 0 saturated heterocycles. The van der Waals surface area contributed by atoms with E-state index >= 15 is 0 Å². The van der Waals surface area contributed by atoms with Crippen LogP contribution in [-0.2, 0) is 0 Å². The minimum Gasteiger partial charge on any atom is -0.393 e. The van der Waals surface area contributed by atoms with Crippen LogP contribution in [0.25, 0.3) is 0 Å². The fourth-order valence-corrected chi connectivity index (χ4v) is 1.58. The Bertz CT molecular complexity index is 426. The third-order valence-electron chi connectivity index (χ3n) is 2.11. The van der Waals surface area contributed by atoms with Gasteiger partial charge in [-0.3, -0.25) is 10.1 Å². The number of halogens is 2. The largest absolute Gasteiger partial charge is 0.393 e. The zero-order valence-electron chi connectivity index (χ0n) is 9.11. The Morgan fingerprint density at radius 3 is 2.82 bits per heavy atom. The van der Waals surface area contributed by atoms with Crippen molar-refractivity contribution in [2.24, 2.45) is 0 Å². The quantitative estimate of drug-likeness (QED) is 0.648. The van der Waals surface area contributed by atoms with Crippen molar-refractivity contribution in [1.82, 2.24) is 0 Å². The van der Waals surface area contributed by atoms with Crippen molar-refractivity contribution in [2.45, 2.75) is 19.4 Å². The Morgan fingerprint density at radius 1 is 1.65 bits per heavy atom. The lowest BCUT2D eigenvalue weighted by molar-refractivity contribution is -0.384. The van der Waals surface area contributed by atoms with Crippen LogP contribution in [0.5, 0.6) is 0 Å². The minimum absolute atomic E-state index is 0.0466. The molecule has 1 unspecified atom stereocenters. The van der Waals surface area contributed by atoms with E-state index in [-0.39, 0.29) is 15.8 Å². The number of aliphatic hydroxyl groups is 1. The first-order chi connectivity index (χ1) is 7.91. The number of nitrogens with one attached hydrogen (secondary N) is 1. The van der Waals surface area contributed by atoms with Gasteiger partial charge in [-0.2, -0.15) is 0 Å². The van der Waals surface area contributed by atoms with Crippen molar-refractivity contribution < 1.29 is 14.4 Å². The van der Waals surface area contributed by atoms with E-state index in [1.54, 1.807) is 6.92 Å². The molecule has 0 aliphatic heterocycles. The van der Waals surface area contributed by atoms with E-state index in [0.29, 0.717) is 13.0 Å². The van der Waals surface area contributed by atoms with Crippen LogP contribution in [0.15, 0.2) is 16.6 Å². The van der Waals surface area contributed by atoms with E-state index in [1.807, 2.05) is 0 Å². The van der Waals surface area contributed by atoms with Crippen molar-refractivity contribution in [3.8, 4) is 0 Å². The topological polar surface area (TPSA) is 75.4 Å². The molecule has 0 aliphatic rings. The normalized spacial score (nSPS) is 12.2. The summed E-state index contributed by atoms with van der Waals surface area (Å²) >= 11 is 2.89. The van der Waals surface area contributed by atoms with Gasteiger partial charge >= 0.3 is 0 Å². The summed E-state index contributed by atoms with van der Waals surface area (Å²) in [4.78, 5) is 10.2. The van der Waals surface area contributed by atoms with Crippen molar-refractivity contribution in [2.75, 3.05) is 11.9 Å². The van der Waals surface area contributed by atoms with Gasteiger partial charge < -0.3 is 10.4 Å². The Hall–Kier alpha value is -1.21. The molecule has 0 bridgehead atoms. The summed E-state index contributed by atoms with van der Waals surface area (Å²) in [6, 6.07) is 2.17. The standard InChI is InChI=1S/C10H12BrFN2O3/c1-6(15)2-3-13-9-5-8(12)7(11)4-10(9)14(16)17/h4-6,13,15H,2-3H2,1H3. The Kier molecular flexibility index (Phi) is 4.83. The average molecular weight is 307 g/mol. The van der Waals surface area contributed by atoms with E-state index in [9.17, 15) is 14.5 Å². The summed E-state index contributed by atoms with van der Waals surface area (Å²) in [7, 11) is 0. The number of nitro benzene ring substituents is 1. The Labute approximate surface area is 106 Å². The second-order valence-electron chi connectivity index (χ2n) is 3.61. The Balaban J connectivity index is 2.89. The number of hydrogen-bond acceptors (Lipinski definition) is 4. The molecule has 0 amide bonds. The van der Waals surface area contributed by atoms with E-state index < -0.39 is 16.8 Å². The lowest BCUT2D eigenvalue weighted by atomic mass is 10.2. The van der Waals surface area contributed by atoms with E-state index in [0.717, 1.165) is 12.1 Å². The van der Waals surface area contributed by atoms with Gasteiger partial charge in [0.05, 0.1) is 15.5 Å². The highest BCUT2D eigenvalue weighted by Crippen LogP contribution is 2.30. The lowest BCUT2D eigenvalue weighted by Crippen LogP contribution is -2.11. The number of anilines is 1. The van der Waals surface area contributed by atoms with Crippen LogP contribution < -0.4 is 5.32 Å². The number of nitro groups is 1. The van der Waals surface area contributed by atoms with Crippen LogP contribution in [0.3, 0.4) is 0 Å². The van der Waals surface area contributed by atoms with Gasteiger partial charge in [-0.15, -0.1) is 0 Å². The number of nitrogens with zero attached hydrogens (tertiary/aromatic N) is 1. The van der Waals surface area contributed by atoms with Crippen LogP contribution in [0, 0.1) is 15.9 Å². The zero-order valence-corrected chi connectivity index (χ0v) is 10.7. The maximum Gasteiger partial charge on any atom is 0.293 e. The van der Waals surface area contributed by atoms with Crippen LogP contribution in [0.2, 0.25) is 0 Å². The molecule has 1 atom stereocenters. The van der Waals surface area contributed by atoms with E-state index in [1.165, 1.54) is 0 Å². The summed E-state index contributed by atoms with van der Waals surface area (Å²) in [5.41, 5.74) is -0.0970. The predicted octanol–water partition coefficient (Wildman–Crippen LogP) is 2.68. The molecule has 17 heavy (non-hydrogen) atoms. The van der Waals surface area contributed by atoms with Crippen molar-refractivity contribution in [1.29, 1.82) is 0 Å². The third kappa shape index (κ3) is 3.94. The number of benzene rings is 1. The summed E-state index contributed by atoms with van der Waals surface area (Å²) in [6.07, 6.45) is -0.0867. The fraction of sp³-hybridized carbons (Fsp3) is 0.400. The number of hydrogen-bond donors (Lipinski definition) is 2. The van der Waals surface area contributed by atoms with Crippen LogP contribution in [-0.4, -0.2) is 22.7 Å². The van der Waals surface area contributed by atoms with Crippen LogP contribution in [0.4, 0.5) is 15.8 Å². The van der Waals surface area contributed by atoms with Gasteiger partial charge in [-0.25, -0.2) is 4.39 Å². The van der Waals surface area contributed by atoms with Crippen LogP contribution >= 0.6 is 15.9 Å². The Morgan fingerprint density at radius 2 is 2.29 bits per heavy atom. The predicted molar refractivity (Wildman–Crippen MR) is 65.5 cm³/mol. The highest BCUT2D eigenvalue weighted by Gasteiger charge is 2.17. The lowest BCUT2D eigenvalue weighted by Gasteiger charge is -2.09. The molecule has 7 heteroatoms. The van der Waals surface area contributed by atoms with Gasteiger partial charge in [0.25, 0.3) is 5.69 Å². The minimum atomic E-state index is -0.588. The van der Waals surface area contributed by atoms with Crippen molar-refractivity contribution >= 4 is 27.3 Å². The van der Waals surface area contributed by atoms with E-state index in [2.05, 4.69) is 21.2 Å². The summed E-state index contributed by atoms with van der Waals surface area (Å²) in [5, 5.41) is 22.5. The summed E-state index contributed by atoms with van der Waals surface area (Å²) < 4.78 is 13.3. The van der Waals surface area contributed by atoms with Gasteiger partial charge in [0.1, 0.15) is 11.5 Å². The summed E-state index contributed by atoms with van der Waals surface area (Å²) in [5.74, 6) is -0.574. The second-order valence-corrected chi connectivity index (χ2v) is 4.46. The molecule has 1 aromatic carbocycles. The molecule has 0 aliphatic carbocycles. The molecule has 0 heterocycles. The maximum absolute atomic E-state index is 13.2. The van der Waals surface area contributed by atoms with Crippen molar-refractivity contribution in [3.05, 3.63) is 32.5 Å². The smallest absolute Gasteiger partial charge is 0.293 e. The maximum atomic E-state index is 13.2. The molecule has 0 fully saturated rings. The molecule has 0 saturated carbocycles. The van der Waals surface area contributed by atoms with Crippen molar-refractivity contribution in [3.63, 3.8) is 0 Å². The SMILES string of the molecule is CC(O)CCNc1cc(F)c(Br)cc1[N+](=O)[O-]. The molecule has 1 rings (SSSR count). The first kappa shape index (κ1) is 13.9. The fourth-order valence-electron chi connectivity index (χ4n) is 1.24. The van der Waals surface area contributed by atoms with Gasteiger partial charge in [0.2, 0.25) is 0 Å². The van der Waals surface area contributed by atoms with E-state index in [4.69, 9.17) is 5.11 Å².